The van der Waals surface area contributed by atoms with Crippen LogP contribution < -0.4 is 0 Å². The van der Waals surface area contributed by atoms with Crippen molar-refractivity contribution in [1.29, 1.82) is 5.41 Å². The number of nitrogens with zero attached hydrogens (tertiary/aromatic N) is 1. The maximum absolute atomic E-state index is 6.82. The molecule has 1 aromatic rings. The minimum atomic E-state index is 0. The average molecular weight is 228 g/mol. The van der Waals surface area contributed by atoms with Crippen LogP contribution in [0.25, 0.3) is 0 Å². The van der Waals surface area contributed by atoms with Crippen LogP contribution >= 0.6 is 11.6 Å². The first-order valence-electron chi connectivity index (χ1n) is 2.36. The molecule has 1 N–H and O–H groups in total. The Labute approximate surface area is 89.4 Å². The molecule has 10 heavy (non-hydrogen) atoms. The molecule has 0 aromatic carbocycles. The van der Waals surface area contributed by atoms with Gasteiger partial charge in [-0.05, 0) is 17.4 Å². The Balaban J connectivity index is 0.000000810. The predicted octanol–water partition coefficient (Wildman–Crippen LogP) is 1.53. The fraction of sp³-hybridized carbons (Fsp3) is 0. The Morgan fingerprint density at radius 3 is 2.80 bits per heavy atom. The van der Waals surface area contributed by atoms with Crippen molar-refractivity contribution in [3.63, 3.8) is 0 Å². The molecule has 49 valence electrons. The van der Waals surface area contributed by atoms with Crippen LogP contribution in [0.3, 0.4) is 0 Å². The van der Waals surface area contributed by atoms with Gasteiger partial charge in [0.1, 0.15) is 0 Å². The Bertz CT molecular complexity index is 227. The number of pyridine rings is 1. The van der Waals surface area contributed by atoms with Crippen molar-refractivity contribution in [3.8, 4) is 0 Å². The van der Waals surface area contributed by atoms with Gasteiger partial charge in [-0.1, -0.05) is 6.21 Å². The third kappa shape index (κ3) is 2.45. The normalized spacial score (nSPS) is 8.10. The summed E-state index contributed by atoms with van der Waals surface area (Å²) >= 11 is 5.58. The van der Waals surface area contributed by atoms with Gasteiger partial charge in [0.05, 0.1) is 0 Å². The Morgan fingerprint density at radius 2 is 2.40 bits per heavy atom. The minimum absolute atomic E-state index is 0. The largest absolute Gasteiger partial charge is 0.372 e. The number of hydrogen-bond acceptors (Lipinski definition) is 2. The van der Waals surface area contributed by atoms with Crippen LogP contribution in [-0.2, 0) is 32.7 Å². The van der Waals surface area contributed by atoms with E-state index in [1.807, 2.05) is 0 Å². The topological polar surface area (TPSA) is 36.7 Å². The smallest absolute Gasteiger partial charge is 0 e. The summed E-state index contributed by atoms with van der Waals surface area (Å²) in [4.78, 5) is 3.70. The van der Waals surface area contributed by atoms with Crippen LogP contribution in [0, 0.1) is 11.5 Å². The monoisotopic (exact) mass is 228 g/mol. The summed E-state index contributed by atoms with van der Waals surface area (Å²) in [5, 5.41) is 7.28. The van der Waals surface area contributed by atoms with E-state index in [0.717, 1.165) is 6.21 Å². The summed E-state index contributed by atoms with van der Waals surface area (Å²) in [5.41, 5.74) is 0.576. The number of nitrogens with one attached hydrogen (secondary N) is 1. The van der Waals surface area contributed by atoms with Crippen molar-refractivity contribution >= 4 is 17.8 Å². The molecule has 4 heteroatoms. The van der Waals surface area contributed by atoms with Gasteiger partial charge in [0.25, 0.3) is 0 Å². The van der Waals surface area contributed by atoms with E-state index in [1.165, 1.54) is 12.4 Å². The molecule has 1 aromatic heterocycles. The summed E-state index contributed by atoms with van der Waals surface area (Å²) in [5.74, 6) is 0. The molecule has 1 heterocycles. The first-order chi connectivity index (χ1) is 4.34. The van der Waals surface area contributed by atoms with Crippen LogP contribution in [0.5, 0.6) is 0 Å². The van der Waals surface area contributed by atoms with E-state index in [9.17, 15) is 0 Å². The molecule has 0 aliphatic heterocycles. The second-order valence-electron chi connectivity index (χ2n) is 1.46. The van der Waals surface area contributed by atoms with Gasteiger partial charge in [0, 0.05) is 32.7 Å². The molecule has 1 radical (unpaired) electrons. The third-order valence-electron chi connectivity index (χ3n) is 0.884. The second kappa shape index (κ2) is 4.94. The van der Waals surface area contributed by atoms with Crippen molar-refractivity contribution in [2.24, 2.45) is 0 Å². The van der Waals surface area contributed by atoms with Crippen LogP contribution in [0.2, 0.25) is 5.02 Å². The summed E-state index contributed by atoms with van der Waals surface area (Å²) in [6.07, 6.45) is 4.11. The molecule has 0 bridgehead atoms. The molecular formula is C6H4ClN2Y-. The van der Waals surface area contributed by atoms with Crippen LogP contribution in [0.4, 0.5) is 0 Å². The predicted molar refractivity (Wildman–Crippen MR) is 36.0 cm³/mol. The molecule has 0 spiro atoms. The van der Waals surface area contributed by atoms with Crippen molar-refractivity contribution in [2.45, 2.75) is 0 Å². The zero-order valence-electron chi connectivity index (χ0n) is 5.13. The zero-order chi connectivity index (χ0) is 6.69. The van der Waals surface area contributed by atoms with Gasteiger partial charge in [0.2, 0.25) is 0 Å². The molecule has 2 nitrogen and oxygen atoms in total. The molecule has 0 fully saturated rings. The number of halogens is 1. The molecule has 0 aliphatic carbocycles. The van der Waals surface area contributed by atoms with E-state index in [2.05, 4.69) is 11.1 Å². The molecule has 0 aliphatic rings. The summed E-state index contributed by atoms with van der Waals surface area (Å²) in [7, 11) is 0. The fourth-order valence-corrected chi connectivity index (χ4v) is 0.624. The maximum Gasteiger partial charge on any atom is 0 e. The number of rotatable bonds is 1. The first kappa shape index (κ1) is 10.2. The first-order valence-corrected chi connectivity index (χ1v) is 2.74. The molecular weight excluding hydrogens is 224 g/mol. The van der Waals surface area contributed by atoms with Gasteiger partial charge in [-0.2, -0.15) is 23.2 Å². The zero-order valence-corrected chi connectivity index (χ0v) is 8.73. The molecule has 0 atom stereocenters. The average Bonchev–Trinajstić information content (AvgIpc) is 1.89. The van der Waals surface area contributed by atoms with Gasteiger partial charge in [-0.3, -0.25) is 4.98 Å². The molecule has 0 saturated heterocycles. The molecule has 0 amide bonds. The SMILES string of the molecule is N=Cc1[c-]cncc1Cl.[Y]. The molecule has 1 rings (SSSR count). The van der Waals surface area contributed by atoms with Gasteiger partial charge in [-0.15, -0.1) is 0 Å². The third-order valence-corrected chi connectivity index (χ3v) is 1.19. The van der Waals surface area contributed by atoms with Crippen LogP contribution in [0.1, 0.15) is 5.56 Å². The van der Waals surface area contributed by atoms with E-state index in [4.69, 9.17) is 17.0 Å². The van der Waals surface area contributed by atoms with E-state index >= 15 is 0 Å². The van der Waals surface area contributed by atoms with E-state index in [-0.39, 0.29) is 32.7 Å². The standard InChI is InChI=1S/C6H4ClN2.Y/c7-6-4-9-2-1-5(6)3-8;/h2-4,8H;/q-1;. The molecule has 0 saturated carbocycles. The second-order valence-corrected chi connectivity index (χ2v) is 1.86. The van der Waals surface area contributed by atoms with Crippen molar-refractivity contribution in [2.75, 3.05) is 0 Å². The molecule has 0 unspecified atom stereocenters. The van der Waals surface area contributed by atoms with Gasteiger partial charge in [-0.25, -0.2) is 0 Å². The number of hydrogen-bond donors (Lipinski definition) is 1. The number of aromatic nitrogens is 1. The Hall–Kier alpha value is 0.214. The van der Waals surface area contributed by atoms with Crippen LogP contribution in [-0.4, -0.2) is 11.2 Å². The van der Waals surface area contributed by atoms with Gasteiger partial charge >= 0.3 is 0 Å². The summed E-state index contributed by atoms with van der Waals surface area (Å²) in [6, 6.07) is 2.70. The summed E-state index contributed by atoms with van der Waals surface area (Å²) < 4.78 is 0. The fourth-order valence-electron chi connectivity index (χ4n) is 0.459. The minimum Gasteiger partial charge on any atom is -0.372 e. The van der Waals surface area contributed by atoms with Crippen molar-refractivity contribution in [3.05, 3.63) is 29.0 Å². The maximum atomic E-state index is 6.82. The Kier molecular flexibility index (Phi) is 5.05. The van der Waals surface area contributed by atoms with Gasteiger partial charge in [0.15, 0.2) is 0 Å². The van der Waals surface area contributed by atoms with E-state index in [1.54, 1.807) is 0 Å². The summed E-state index contributed by atoms with van der Waals surface area (Å²) in [6.45, 7) is 0. The van der Waals surface area contributed by atoms with Crippen LogP contribution in [0.15, 0.2) is 12.4 Å². The van der Waals surface area contributed by atoms with E-state index < -0.39 is 0 Å². The Morgan fingerprint density at radius 1 is 1.70 bits per heavy atom. The van der Waals surface area contributed by atoms with E-state index in [0.29, 0.717) is 10.6 Å². The van der Waals surface area contributed by atoms with Crippen molar-refractivity contribution in [1.82, 2.24) is 4.98 Å². The van der Waals surface area contributed by atoms with Crippen molar-refractivity contribution < 1.29 is 32.7 Å². The van der Waals surface area contributed by atoms with Gasteiger partial charge < -0.3 is 5.41 Å². The quantitative estimate of drug-likeness (QED) is 0.574.